The molecular weight excluding hydrogens is 573 g/mol. The number of hydrogen-bond acceptors (Lipinski definition) is 8. The highest BCUT2D eigenvalue weighted by atomic mass is 35.5. The average Bonchev–Trinajstić information content (AvgIpc) is 3.54. The van der Waals surface area contributed by atoms with Gasteiger partial charge in [0, 0.05) is 41.8 Å². The number of amides is 2. The largest absolute Gasteiger partial charge is 0.480 e. The van der Waals surface area contributed by atoms with Gasteiger partial charge in [0.25, 0.3) is 17.4 Å². The fourth-order valence-corrected chi connectivity index (χ4v) is 6.00. The topological polar surface area (TPSA) is 133 Å². The molecule has 0 aliphatic carbocycles. The highest BCUT2D eigenvalue weighted by Crippen LogP contribution is 2.54. The Hall–Kier alpha value is -4.42. The molecule has 2 aliphatic heterocycles. The van der Waals surface area contributed by atoms with Gasteiger partial charge in [-0.25, -0.2) is 9.97 Å². The van der Waals surface area contributed by atoms with Crippen molar-refractivity contribution in [2.45, 2.75) is 25.4 Å². The van der Waals surface area contributed by atoms with E-state index in [1.165, 1.54) is 49.2 Å². The maximum atomic E-state index is 14.4. The highest BCUT2D eigenvalue weighted by molar-refractivity contribution is 6.32. The number of carbonyl (C=O) groups is 2. The monoisotopic (exact) mass is 595 g/mol. The summed E-state index contributed by atoms with van der Waals surface area (Å²) in [7, 11) is 4.38. The first-order valence-corrected chi connectivity index (χ1v) is 13.2. The fraction of sp³-hybridized carbons (Fsp3) is 0.259. The third-order valence-electron chi connectivity index (χ3n) is 7.18. The van der Waals surface area contributed by atoms with Crippen LogP contribution in [0.5, 0.6) is 11.9 Å². The predicted octanol–water partition coefficient (Wildman–Crippen LogP) is 3.80. The van der Waals surface area contributed by atoms with Crippen LogP contribution in [-0.2, 0) is 17.4 Å². The summed E-state index contributed by atoms with van der Waals surface area (Å²) in [6.45, 7) is 3.77. The Balaban J connectivity index is 1.74. The molecule has 12 nitrogen and oxygen atoms in total. The van der Waals surface area contributed by atoms with Crippen LogP contribution in [0.4, 0.5) is 11.4 Å². The lowest BCUT2D eigenvalue weighted by atomic mass is 9.87. The summed E-state index contributed by atoms with van der Waals surface area (Å²) in [6.07, 6.45) is 2.90. The van der Waals surface area contributed by atoms with Crippen LogP contribution in [0.15, 0.2) is 41.5 Å². The number of rotatable bonds is 5. The summed E-state index contributed by atoms with van der Waals surface area (Å²) in [5, 5.41) is 3.46. The summed E-state index contributed by atoms with van der Waals surface area (Å²) in [5.41, 5.74) is -0.981. The molecule has 1 atom stereocenters. The summed E-state index contributed by atoms with van der Waals surface area (Å²) in [4.78, 5) is 56.6. The first-order chi connectivity index (χ1) is 19.5. The van der Waals surface area contributed by atoms with Crippen molar-refractivity contribution in [1.82, 2.24) is 24.1 Å². The van der Waals surface area contributed by atoms with E-state index >= 15 is 0 Å². The number of imidazole rings is 1. The SMILES string of the molecule is COc1ncc(-c2nc3c(n2C(C)C)C2(C(=O)Nc4cc(Cl)ccc42)N(c2cc(Cl)cn(C)c2=O)C3=O)c(OC)n1. The number of fused-ring (bicyclic) bond motifs is 4. The lowest BCUT2D eigenvalue weighted by Gasteiger charge is -2.35. The second-order valence-corrected chi connectivity index (χ2v) is 10.7. The smallest absolute Gasteiger partial charge is 0.319 e. The van der Waals surface area contributed by atoms with Crippen molar-refractivity contribution >= 4 is 46.4 Å². The Morgan fingerprint density at radius 2 is 1.78 bits per heavy atom. The summed E-state index contributed by atoms with van der Waals surface area (Å²) in [6, 6.07) is 6.00. The van der Waals surface area contributed by atoms with Crippen LogP contribution < -0.4 is 25.2 Å². The molecule has 0 saturated carbocycles. The lowest BCUT2D eigenvalue weighted by molar-refractivity contribution is -0.119. The zero-order valence-electron chi connectivity index (χ0n) is 22.5. The second kappa shape index (κ2) is 9.32. The van der Waals surface area contributed by atoms with Gasteiger partial charge in [-0.05, 0) is 32.0 Å². The van der Waals surface area contributed by atoms with E-state index in [-0.39, 0.29) is 40.0 Å². The predicted molar refractivity (Wildman–Crippen MR) is 151 cm³/mol. The van der Waals surface area contributed by atoms with Crippen molar-refractivity contribution in [3.8, 4) is 23.3 Å². The number of benzene rings is 1. The number of aryl methyl sites for hydroxylation is 1. The minimum atomic E-state index is -1.82. The molecule has 2 aliphatic rings. The van der Waals surface area contributed by atoms with E-state index in [2.05, 4.69) is 15.3 Å². The average molecular weight is 596 g/mol. The van der Waals surface area contributed by atoms with Crippen molar-refractivity contribution in [1.29, 1.82) is 0 Å². The molecule has 1 N–H and O–H groups in total. The van der Waals surface area contributed by atoms with Crippen LogP contribution in [0.25, 0.3) is 11.4 Å². The molecule has 2 amide bonds. The van der Waals surface area contributed by atoms with E-state index in [1.54, 1.807) is 22.8 Å². The van der Waals surface area contributed by atoms with Crippen molar-refractivity contribution < 1.29 is 19.1 Å². The van der Waals surface area contributed by atoms with E-state index in [0.717, 1.165) is 0 Å². The number of hydrogen-bond donors (Lipinski definition) is 1. The Morgan fingerprint density at radius 1 is 1.02 bits per heavy atom. The number of carbonyl (C=O) groups excluding carboxylic acids is 2. The first kappa shape index (κ1) is 26.8. The zero-order chi connectivity index (χ0) is 29.4. The molecule has 6 rings (SSSR count). The Kier molecular flexibility index (Phi) is 6.09. The summed E-state index contributed by atoms with van der Waals surface area (Å²) < 4.78 is 13.7. The third kappa shape index (κ3) is 3.60. The molecule has 1 unspecified atom stereocenters. The van der Waals surface area contributed by atoms with Crippen molar-refractivity contribution in [3.05, 3.63) is 74.0 Å². The van der Waals surface area contributed by atoms with Gasteiger partial charge in [-0.3, -0.25) is 19.3 Å². The Labute approximate surface area is 243 Å². The van der Waals surface area contributed by atoms with Gasteiger partial charge in [-0.1, -0.05) is 29.3 Å². The van der Waals surface area contributed by atoms with E-state index in [4.69, 9.17) is 37.7 Å². The second-order valence-electron chi connectivity index (χ2n) is 9.83. The quantitative estimate of drug-likeness (QED) is 0.368. The third-order valence-corrected chi connectivity index (χ3v) is 7.62. The standard InChI is InChI=1S/C27H23Cl2N7O5/c1-12(2)35-20-19(32-21(35)15-10-30-26(41-5)33-22(15)40-4)24(38)36(18-9-14(29)11-34(3)23(18)37)27(20)16-7-6-13(28)8-17(16)31-25(27)39/h6-12H,1-5H3,(H,31,39). The zero-order valence-corrected chi connectivity index (χ0v) is 24.0. The highest BCUT2D eigenvalue weighted by Gasteiger charge is 2.64. The maximum absolute atomic E-state index is 14.4. The number of halogens is 2. The molecule has 1 aromatic carbocycles. The van der Waals surface area contributed by atoms with Crippen LogP contribution in [0, 0.1) is 0 Å². The molecule has 0 radical (unpaired) electrons. The summed E-state index contributed by atoms with van der Waals surface area (Å²) >= 11 is 12.6. The van der Waals surface area contributed by atoms with Gasteiger partial charge < -0.3 is 23.9 Å². The van der Waals surface area contributed by atoms with Gasteiger partial charge in [0.15, 0.2) is 11.2 Å². The Morgan fingerprint density at radius 3 is 2.46 bits per heavy atom. The van der Waals surface area contributed by atoms with Crippen molar-refractivity contribution in [3.63, 3.8) is 0 Å². The van der Waals surface area contributed by atoms with Gasteiger partial charge in [-0.2, -0.15) is 4.98 Å². The minimum absolute atomic E-state index is 0.0217. The van der Waals surface area contributed by atoms with Crippen LogP contribution in [0.2, 0.25) is 10.0 Å². The van der Waals surface area contributed by atoms with Gasteiger partial charge in [0.2, 0.25) is 5.88 Å². The molecule has 1 spiro atoms. The number of anilines is 2. The van der Waals surface area contributed by atoms with Crippen LogP contribution in [0.1, 0.15) is 41.6 Å². The summed E-state index contributed by atoms with van der Waals surface area (Å²) in [5.74, 6) is -0.764. The van der Waals surface area contributed by atoms with Gasteiger partial charge >= 0.3 is 6.01 Å². The minimum Gasteiger partial charge on any atom is -0.480 e. The number of ether oxygens (including phenoxy) is 2. The molecule has 3 aromatic heterocycles. The van der Waals surface area contributed by atoms with Crippen molar-refractivity contribution in [2.24, 2.45) is 7.05 Å². The van der Waals surface area contributed by atoms with Gasteiger partial charge in [-0.15, -0.1) is 0 Å². The Bertz CT molecular complexity index is 1850. The number of pyridine rings is 1. The number of aromatic nitrogens is 5. The molecule has 4 aromatic rings. The van der Waals surface area contributed by atoms with Crippen LogP contribution in [0.3, 0.4) is 0 Å². The molecule has 210 valence electrons. The van der Waals surface area contributed by atoms with Gasteiger partial charge in [0.05, 0.1) is 30.5 Å². The molecule has 0 bridgehead atoms. The fourth-order valence-electron chi connectivity index (χ4n) is 5.57. The number of methoxy groups -OCH3 is 2. The number of nitrogens with one attached hydrogen (secondary N) is 1. The molecule has 41 heavy (non-hydrogen) atoms. The normalized spacial score (nSPS) is 17.3. The van der Waals surface area contributed by atoms with E-state index in [1.807, 2.05) is 13.8 Å². The molecule has 0 saturated heterocycles. The molecular formula is C27H23Cl2N7O5. The van der Waals surface area contributed by atoms with Crippen LogP contribution >= 0.6 is 23.2 Å². The first-order valence-electron chi connectivity index (χ1n) is 12.4. The van der Waals surface area contributed by atoms with E-state index in [9.17, 15) is 14.4 Å². The van der Waals surface area contributed by atoms with Crippen LogP contribution in [-0.4, -0.2) is 50.1 Å². The van der Waals surface area contributed by atoms with Gasteiger partial charge in [0.1, 0.15) is 11.5 Å². The number of nitrogens with zero attached hydrogens (tertiary/aromatic N) is 6. The van der Waals surface area contributed by atoms with E-state index < -0.39 is 22.9 Å². The maximum Gasteiger partial charge on any atom is 0.319 e. The molecule has 14 heteroatoms. The van der Waals surface area contributed by atoms with E-state index in [0.29, 0.717) is 27.7 Å². The molecule has 0 fully saturated rings. The molecule has 5 heterocycles. The lowest BCUT2D eigenvalue weighted by Crippen LogP contribution is -2.53. The van der Waals surface area contributed by atoms with Crippen molar-refractivity contribution in [2.75, 3.05) is 24.4 Å².